The number of nitrogens with one attached hydrogen (secondary N) is 1. The first-order chi connectivity index (χ1) is 8.58. The summed E-state index contributed by atoms with van der Waals surface area (Å²) in [7, 11) is 0. The van der Waals surface area contributed by atoms with Crippen LogP contribution in [0, 0.1) is 5.82 Å². The van der Waals surface area contributed by atoms with Gasteiger partial charge in [0.2, 0.25) is 5.91 Å². The molecule has 0 bridgehead atoms. The third-order valence-electron chi connectivity index (χ3n) is 2.30. The van der Waals surface area contributed by atoms with E-state index in [1.165, 1.54) is 23.9 Å². The Morgan fingerprint density at radius 3 is 2.72 bits per heavy atom. The standard InChI is InChI=1S/C13H18FNO2S/c1-10(16)6-8-15-13(17)7-9-18-12-4-2-11(14)3-5-12/h2-5,10,16H,6-9H2,1H3,(H,15,17). The summed E-state index contributed by atoms with van der Waals surface area (Å²) < 4.78 is 12.6. The van der Waals surface area contributed by atoms with Gasteiger partial charge in [-0.05, 0) is 37.6 Å². The van der Waals surface area contributed by atoms with Crippen molar-refractivity contribution in [1.29, 1.82) is 0 Å². The van der Waals surface area contributed by atoms with Gasteiger partial charge in [-0.2, -0.15) is 0 Å². The maximum absolute atomic E-state index is 12.6. The monoisotopic (exact) mass is 271 g/mol. The molecule has 1 atom stereocenters. The average molecular weight is 271 g/mol. The third kappa shape index (κ3) is 6.61. The van der Waals surface area contributed by atoms with Crippen molar-refractivity contribution < 1.29 is 14.3 Å². The Morgan fingerprint density at radius 1 is 1.44 bits per heavy atom. The highest BCUT2D eigenvalue weighted by Crippen LogP contribution is 2.18. The molecule has 0 saturated carbocycles. The van der Waals surface area contributed by atoms with Gasteiger partial charge < -0.3 is 10.4 Å². The molecule has 3 nitrogen and oxygen atoms in total. The predicted octanol–water partition coefficient (Wildman–Crippen LogP) is 2.20. The zero-order valence-corrected chi connectivity index (χ0v) is 11.2. The molecule has 0 aliphatic rings. The van der Waals surface area contributed by atoms with E-state index in [4.69, 9.17) is 5.11 Å². The minimum Gasteiger partial charge on any atom is -0.393 e. The number of carbonyl (C=O) groups excluding carboxylic acids is 1. The van der Waals surface area contributed by atoms with E-state index in [0.717, 1.165) is 4.90 Å². The van der Waals surface area contributed by atoms with E-state index in [-0.39, 0.29) is 17.8 Å². The summed E-state index contributed by atoms with van der Waals surface area (Å²) >= 11 is 1.52. The van der Waals surface area contributed by atoms with Gasteiger partial charge in [-0.3, -0.25) is 4.79 Å². The highest BCUT2D eigenvalue weighted by Gasteiger charge is 2.03. The quantitative estimate of drug-likeness (QED) is 0.747. The second-order valence-corrected chi connectivity index (χ2v) is 5.21. The minimum absolute atomic E-state index is 0.0229. The lowest BCUT2D eigenvalue weighted by molar-refractivity contribution is -0.120. The van der Waals surface area contributed by atoms with Crippen LogP contribution < -0.4 is 5.32 Å². The van der Waals surface area contributed by atoms with Crippen molar-refractivity contribution in [1.82, 2.24) is 5.32 Å². The molecule has 0 spiro atoms. The number of amides is 1. The lowest BCUT2D eigenvalue weighted by atomic mass is 10.3. The SMILES string of the molecule is CC(O)CCNC(=O)CCSc1ccc(F)cc1. The Kier molecular flexibility index (Phi) is 6.75. The summed E-state index contributed by atoms with van der Waals surface area (Å²) in [6.45, 7) is 2.19. The number of rotatable bonds is 7. The number of aliphatic hydroxyl groups is 1. The van der Waals surface area contributed by atoms with Gasteiger partial charge in [0, 0.05) is 23.6 Å². The number of hydrogen-bond donors (Lipinski definition) is 2. The van der Waals surface area contributed by atoms with E-state index in [2.05, 4.69) is 5.32 Å². The van der Waals surface area contributed by atoms with Crippen molar-refractivity contribution in [3.05, 3.63) is 30.1 Å². The predicted molar refractivity (Wildman–Crippen MR) is 71.0 cm³/mol. The van der Waals surface area contributed by atoms with Gasteiger partial charge in [0.05, 0.1) is 6.10 Å². The zero-order valence-electron chi connectivity index (χ0n) is 10.4. The molecular formula is C13H18FNO2S. The summed E-state index contributed by atoms with van der Waals surface area (Å²) in [6.07, 6.45) is 0.595. The summed E-state index contributed by atoms with van der Waals surface area (Å²) in [6, 6.07) is 6.22. The van der Waals surface area contributed by atoms with Crippen LogP contribution in [-0.4, -0.2) is 29.4 Å². The fourth-order valence-corrected chi connectivity index (χ4v) is 2.15. The number of aliphatic hydroxyl groups excluding tert-OH is 1. The van der Waals surface area contributed by atoms with E-state index in [1.54, 1.807) is 19.1 Å². The van der Waals surface area contributed by atoms with Gasteiger partial charge in [-0.25, -0.2) is 4.39 Å². The summed E-state index contributed by atoms with van der Waals surface area (Å²) in [4.78, 5) is 12.4. The molecule has 0 fully saturated rings. The van der Waals surface area contributed by atoms with Crippen LogP contribution in [-0.2, 0) is 4.79 Å². The molecule has 1 aromatic rings. The van der Waals surface area contributed by atoms with Gasteiger partial charge in [0.1, 0.15) is 5.82 Å². The molecule has 0 aromatic heterocycles. The van der Waals surface area contributed by atoms with Crippen molar-refractivity contribution in [3.8, 4) is 0 Å². The number of benzene rings is 1. The van der Waals surface area contributed by atoms with Crippen LogP contribution in [0.15, 0.2) is 29.2 Å². The largest absolute Gasteiger partial charge is 0.393 e. The van der Waals surface area contributed by atoms with Crippen LogP contribution in [0.3, 0.4) is 0 Å². The van der Waals surface area contributed by atoms with Gasteiger partial charge in [-0.1, -0.05) is 0 Å². The van der Waals surface area contributed by atoms with Crippen LogP contribution in [0.1, 0.15) is 19.8 Å². The highest BCUT2D eigenvalue weighted by molar-refractivity contribution is 7.99. The second kappa shape index (κ2) is 8.11. The number of hydrogen-bond acceptors (Lipinski definition) is 3. The summed E-state index contributed by atoms with van der Waals surface area (Å²) in [5.74, 6) is 0.382. The normalized spacial score (nSPS) is 12.2. The maximum Gasteiger partial charge on any atom is 0.220 e. The Balaban J connectivity index is 2.13. The van der Waals surface area contributed by atoms with Crippen LogP contribution in [0.2, 0.25) is 0 Å². The molecule has 1 aromatic carbocycles. The van der Waals surface area contributed by atoms with Crippen LogP contribution in [0.5, 0.6) is 0 Å². The summed E-state index contributed by atoms with van der Waals surface area (Å²) in [5, 5.41) is 11.8. The Bertz CT molecular complexity index is 368. The van der Waals surface area contributed by atoms with Gasteiger partial charge in [0.15, 0.2) is 0 Å². The van der Waals surface area contributed by atoms with Crippen LogP contribution in [0.4, 0.5) is 4.39 Å². The Hall–Kier alpha value is -1.07. The van der Waals surface area contributed by atoms with Crippen molar-refractivity contribution in [2.45, 2.75) is 30.8 Å². The van der Waals surface area contributed by atoms with E-state index < -0.39 is 0 Å². The van der Waals surface area contributed by atoms with Crippen molar-refractivity contribution in [2.24, 2.45) is 0 Å². The van der Waals surface area contributed by atoms with E-state index in [9.17, 15) is 9.18 Å². The van der Waals surface area contributed by atoms with Crippen molar-refractivity contribution >= 4 is 17.7 Å². The molecule has 0 heterocycles. The number of halogens is 1. The van der Waals surface area contributed by atoms with Gasteiger partial charge in [0.25, 0.3) is 0 Å². The fraction of sp³-hybridized carbons (Fsp3) is 0.462. The molecule has 0 aliphatic heterocycles. The fourth-order valence-electron chi connectivity index (χ4n) is 1.30. The van der Waals surface area contributed by atoms with E-state index >= 15 is 0 Å². The van der Waals surface area contributed by atoms with Crippen LogP contribution in [0.25, 0.3) is 0 Å². The minimum atomic E-state index is -0.390. The molecule has 1 amide bonds. The molecule has 0 aliphatic carbocycles. The molecule has 1 rings (SSSR count). The molecule has 2 N–H and O–H groups in total. The number of carbonyl (C=O) groups is 1. The second-order valence-electron chi connectivity index (χ2n) is 4.04. The van der Waals surface area contributed by atoms with Crippen molar-refractivity contribution in [2.75, 3.05) is 12.3 Å². The molecule has 1 unspecified atom stereocenters. The molecule has 18 heavy (non-hydrogen) atoms. The first kappa shape index (κ1) is 15.0. The maximum atomic E-state index is 12.6. The van der Waals surface area contributed by atoms with Crippen LogP contribution >= 0.6 is 11.8 Å². The third-order valence-corrected chi connectivity index (χ3v) is 3.31. The number of thioether (sulfide) groups is 1. The molecular weight excluding hydrogens is 253 g/mol. The molecule has 5 heteroatoms. The van der Waals surface area contributed by atoms with Gasteiger partial charge >= 0.3 is 0 Å². The molecule has 100 valence electrons. The van der Waals surface area contributed by atoms with E-state index in [1.807, 2.05) is 0 Å². The summed E-state index contributed by atoms with van der Waals surface area (Å²) in [5.41, 5.74) is 0. The van der Waals surface area contributed by atoms with Gasteiger partial charge in [-0.15, -0.1) is 11.8 Å². The van der Waals surface area contributed by atoms with Crippen molar-refractivity contribution in [3.63, 3.8) is 0 Å². The van der Waals surface area contributed by atoms with E-state index in [0.29, 0.717) is 25.1 Å². The first-order valence-electron chi connectivity index (χ1n) is 5.91. The zero-order chi connectivity index (χ0) is 13.4. The smallest absolute Gasteiger partial charge is 0.220 e. The first-order valence-corrected chi connectivity index (χ1v) is 6.89. The topological polar surface area (TPSA) is 49.3 Å². The lowest BCUT2D eigenvalue weighted by Gasteiger charge is -2.06. The molecule has 0 saturated heterocycles. The molecule has 0 radical (unpaired) electrons. The average Bonchev–Trinajstić information content (AvgIpc) is 2.31. The Morgan fingerprint density at radius 2 is 2.11 bits per heavy atom. The Labute approximate surface area is 111 Å². The lowest BCUT2D eigenvalue weighted by Crippen LogP contribution is -2.26. The highest BCUT2D eigenvalue weighted by atomic mass is 32.2.